The van der Waals surface area contributed by atoms with Gasteiger partial charge in [0.1, 0.15) is 28.8 Å². The summed E-state index contributed by atoms with van der Waals surface area (Å²) in [5.74, 6) is -4.84. The summed E-state index contributed by atoms with van der Waals surface area (Å²) < 4.78 is 118. The Morgan fingerprint density at radius 1 is 0.660 bits per heavy atom. The third-order valence-corrected chi connectivity index (χ3v) is 7.10. The molecule has 0 spiro atoms. The minimum atomic E-state index is -4.71. The molecule has 0 fully saturated rings. The van der Waals surface area contributed by atoms with E-state index in [0.29, 0.717) is 29.1 Å². The minimum absolute atomic E-state index is 0.114. The van der Waals surface area contributed by atoms with Crippen LogP contribution in [0.4, 0.5) is 35.1 Å². The summed E-state index contributed by atoms with van der Waals surface area (Å²) >= 11 is 0. The molecule has 0 amide bonds. The first kappa shape index (κ1) is 33.1. The maximum absolute atomic E-state index is 14.8. The lowest BCUT2D eigenvalue weighted by Gasteiger charge is -2.20. The lowest BCUT2D eigenvalue weighted by atomic mass is 10.0. The van der Waals surface area contributed by atoms with Crippen molar-refractivity contribution in [3.05, 3.63) is 136 Å². The van der Waals surface area contributed by atoms with Gasteiger partial charge in [0.15, 0.2) is 23.3 Å². The smallest absolute Gasteiger partial charge is 0.429 e. The first-order valence-corrected chi connectivity index (χ1v) is 14.4. The van der Waals surface area contributed by atoms with Crippen molar-refractivity contribution >= 4 is 0 Å². The Bertz CT molecular complexity index is 1920. The largest absolute Gasteiger partial charge is 0.432 e. The summed E-state index contributed by atoms with van der Waals surface area (Å²) in [6.45, 7) is 2.12. The number of benzene rings is 4. The molecule has 0 radical (unpaired) electrons. The molecule has 0 bridgehead atoms. The number of nitrogens with zero attached hydrogens (tertiary/aromatic N) is 2. The van der Waals surface area contributed by atoms with Crippen molar-refractivity contribution in [2.45, 2.75) is 38.7 Å². The van der Waals surface area contributed by atoms with E-state index in [9.17, 15) is 35.1 Å². The van der Waals surface area contributed by atoms with Crippen LogP contribution < -0.4 is 4.74 Å². The number of alkyl halides is 2. The molecular weight excluding hydrogens is 628 g/mol. The van der Waals surface area contributed by atoms with Crippen molar-refractivity contribution in [2.75, 3.05) is 0 Å². The topological polar surface area (TPSA) is 35.0 Å². The zero-order chi connectivity index (χ0) is 33.7. The SMILES string of the molecule is CCCCCc1cnc(-c2ccc(C#Cc3ccc(-c4cc(F)c(C(F)(F)Oc5cc(F)c(F)c(F)c5)c(F)c4)cc3)c(F)c2)nc1. The summed E-state index contributed by atoms with van der Waals surface area (Å²) in [5.41, 5.74) is 0.349. The molecule has 0 aliphatic heterocycles. The van der Waals surface area contributed by atoms with E-state index < -0.39 is 52.3 Å². The van der Waals surface area contributed by atoms with Gasteiger partial charge >= 0.3 is 6.11 Å². The second-order valence-electron chi connectivity index (χ2n) is 10.5. The third kappa shape index (κ3) is 7.77. The van der Waals surface area contributed by atoms with Gasteiger partial charge in [0.05, 0.1) is 5.56 Å². The highest BCUT2D eigenvalue weighted by Crippen LogP contribution is 2.37. The number of rotatable bonds is 9. The molecule has 4 aromatic carbocycles. The molecule has 0 saturated heterocycles. The van der Waals surface area contributed by atoms with Gasteiger partial charge in [0.2, 0.25) is 0 Å². The number of hydrogen-bond acceptors (Lipinski definition) is 3. The van der Waals surface area contributed by atoms with Gasteiger partial charge in [-0.1, -0.05) is 43.7 Å². The monoisotopic (exact) mass is 652 g/mol. The predicted octanol–water partition coefficient (Wildman–Crippen LogP) is 9.91. The van der Waals surface area contributed by atoms with Gasteiger partial charge in [-0.3, -0.25) is 0 Å². The Labute approximate surface area is 264 Å². The van der Waals surface area contributed by atoms with E-state index in [-0.39, 0.29) is 28.8 Å². The molecule has 0 unspecified atom stereocenters. The number of unbranched alkanes of at least 4 members (excludes halogenated alkanes) is 2. The normalized spacial score (nSPS) is 11.3. The van der Waals surface area contributed by atoms with Gasteiger partial charge in [-0.25, -0.2) is 36.3 Å². The Morgan fingerprint density at radius 3 is 1.85 bits per heavy atom. The molecule has 240 valence electrons. The number of aryl methyl sites for hydroxylation is 1. The predicted molar refractivity (Wildman–Crippen MR) is 159 cm³/mol. The summed E-state index contributed by atoms with van der Waals surface area (Å²) in [5, 5.41) is 0. The summed E-state index contributed by atoms with van der Waals surface area (Å²) in [4.78, 5) is 8.68. The van der Waals surface area contributed by atoms with Crippen LogP contribution in [0.5, 0.6) is 5.75 Å². The van der Waals surface area contributed by atoms with Gasteiger partial charge < -0.3 is 4.74 Å². The highest BCUT2D eigenvalue weighted by molar-refractivity contribution is 5.65. The van der Waals surface area contributed by atoms with Crippen LogP contribution in [0.3, 0.4) is 0 Å². The fraction of sp³-hybridized carbons (Fsp3) is 0.167. The maximum Gasteiger partial charge on any atom is 0.432 e. The number of halogens is 8. The van der Waals surface area contributed by atoms with E-state index in [1.165, 1.54) is 36.4 Å². The fourth-order valence-electron chi connectivity index (χ4n) is 4.66. The molecule has 0 N–H and O–H groups in total. The lowest BCUT2D eigenvalue weighted by molar-refractivity contribution is -0.189. The number of hydrogen-bond donors (Lipinski definition) is 0. The van der Waals surface area contributed by atoms with Crippen molar-refractivity contribution in [3.63, 3.8) is 0 Å². The Hall–Kier alpha value is -5.24. The highest BCUT2D eigenvalue weighted by Gasteiger charge is 2.41. The van der Waals surface area contributed by atoms with E-state index in [0.717, 1.165) is 31.2 Å². The Morgan fingerprint density at radius 2 is 1.26 bits per heavy atom. The van der Waals surface area contributed by atoms with Gasteiger partial charge in [0, 0.05) is 35.7 Å². The second kappa shape index (κ2) is 14.0. The first-order chi connectivity index (χ1) is 22.4. The van der Waals surface area contributed by atoms with Crippen LogP contribution in [-0.4, -0.2) is 9.97 Å². The first-order valence-electron chi connectivity index (χ1n) is 14.4. The zero-order valence-corrected chi connectivity index (χ0v) is 24.7. The molecule has 0 aliphatic rings. The van der Waals surface area contributed by atoms with Crippen LogP contribution in [0.25, 0.3) is 22.5 Å². The van der Waals surface area contributed by atoms with Gasteiger partial charge in [-0.05, 0) is 72.0 Å². The standard InChI is InChI=1S/C36H24F8N2O/c1-2-3-4-5-22-19-45-35(46-20-22)25-13-12-24(28(37)14-25)11-8-21-6-9-23(10-7-21)26-15-29(38)33(30(39)16-26)36(43,44)47-27-17-31(40)34(42)32(41)18-27/h6-7,9-10,12-20H,2-5H2,1H3. The van der Waals surface area contributed by atoms with Crippen molar-refractivity contribution < 1.29 is 39.9 Å². The average molecular weight is 653 g/mol. The molecule has 5 aromatic rings. The molecule has 1 aromatic heterocycles. The van der Waals surface area contributed by atoms with E-state index in [1.807, 2.05) is 0 Å². The zero-order valence-electron chi connectivity index (χ0n) is 24.7. The molecule has 0 atom stereocenters. The molecule has 0 aliphatic carbocycles. The van der Waals surface area contributed by atoms with Crippen molar-refractivity contribution in [3.8, 4) is 40.1 Å². The number of ether oxygens (including phenoxy) is 1. The quantitative estimate of drug-likeness (QED) is 0.0688. The van der Waals surface area contributed by atoms with Crippen LogP contribution in [0.1, 0.15) is 48.4 Å². The van der Waals surface area contributed by atoms with Crippen molar-refractivity contribution in [1.82, 2.24) is 9.97 Å². The van der Waals surface area contributed by atoms with Gasteiger partial charge in [-0.2, -0.15) is 8.78 Å². The van der Waals surface area contributed by atoms with E-state index in [2.05, 4.69) is 33.5 Å². The molecule has 0 saturated carbocycles. The highest BCUT2D eigenvalue weighted by atomic mass is 19.3. The molecule has 11 heteroatoms. The minimum Gasteiger partial charge on any atom is -0.429 e. The maximum atomic E-state index is 14.8. The van der Waals surface area contributed by atoms with Gasteiger partial charge in [-0.15, -0.1) is 0 Å². The lowest BCUT2D eigenvalue weighted by Crippen LogP contribution is -2.25. The van der Waals surface area contributed by atoms with E-state index in [4.69, 9.17) is 0 Å². The Balaban J connectivity index is 1.29. The summed E-state index contributed by atoms with van der Waals surface area (Å²) in [6.07, 6.45) is 2.91. The van der Waals surface area contributed by atoms with Crippen molar-refractivity contribution in [2.24, 2.45) is 0 Å². The summed E-state index contributed by atoms with van der Waals surface area (Å²) in [6, 6.07) is 11.8. The Kier molecular flexibility index (Phi) is 9.89. The summed E-state index contributed by atoms with van der Waals surface area (Å²) in [7, 11) is 0. The van der Waals surface area contributed by atoms with Crippen LogP contribution in [0.2, 0.25) is 0 Å². The average Bonchev–Trinajstić information content (AvgIpc) is 3.03. The number of aromatic nitrogens is 2. The van der Waals surface area contributed by atoms with E-state index in [1.54, 1.807) is 18.5 Å². The second-order valence-corrected chi connectivity index (χ2v) is 10.5. The van der Waals surface area contributed by atoms with Crippen LogP contribution in [0, 0.1) is 46.7 Å². The fourth-order valence-corrected chi connectivity index (χ4v) is 4.66. The van der Waals surface area contributed by atoms with E-state index >= 15 is 0 Å². The van der Waals surface area contributed by atoms with Crippen LogP contribution in [0.15, 0.2) is 79.1 Å². The molecule has 1 heterocycles. The molecule has 5 rings (SSSR count). The van der Waals surface area contributed by atoms with Crippen LogP contribution in [-0.2, 0) is 12.5 Å². The molecular formula is C36H24F8N2O. The van der Waals surface area contributed by atoms with Crippen molar-refractivity contribution in [1.29, 1.82) is 0 Å². The van der Waals surface area contributed by atoms with Crippen LogP contribution >= 0.6 is 0 Å². The molecule has 3 nitrogen and oxygen atoms in total. The third-order valence-electron chi connectivity index (χ3n) is 7.10. The van der Waals surface area contributed by atoms with Gasteiger partial charge in [0.25, 0.3) is 0 Å². The molecule has 47 heavy (non-hydrogen) atoms.